The SMILES string of the molecule is C=C1c2[nH]c3ccccc3c2C=CN1CCCCCCCCCCC(=O)O. The maximum absolute atomic E-state index is 10.5. The first-order valence-electron chi connectivity index (χ1n) is 10.1. The molecule has 0 radical (unpaired) electrons. The van der Waals surface area contributed by atoms with Crippen LogP contribution >= 0.6 is 0 Å². The van der Waals surface area contributed by atoms with Crippen LogP contribution in [0, 0.1) is 0 Å². The maximum Gasteiger partial charge on any atom is 0.303 e. The van der Waals surface area contributed by atoms with Crippen molar-refractivity contribution in [2.45, 2.75) is 57.8 Å². The average molecular weight is 367 g/mol. The van der Waals surface area contributed by atoms with E-state index in [1.165, 1.54) is 42.1 Å². The van der Waals surface area contributed by atoms with Gasteiger partial charge in [0.25, 0.3) is 0 Å². The Morgan fingerprint density at radius 3 is 2.41 bits per heavy atom. The number of H-pyrrole nitrogens is 1. The van der Waals surface area contributed by atoms with Gasteiger partial charge in [0, 0.05) is 35.6 Å². The van der Waals surface area contributed by atoms with Crippen molar-refractivity contribution in [3.63, 3.8) is 0 Å². The Balaban J connectivity index is 1.34. The van der Waals surface area contributed by atoms with Crippen molar-refractivity contribution in [3.05, 3.63) is 48.3 Å². The van der Waals surface area contributed by atoms with Gasteiger partial charge in [0.15, 0.2) is 0 Å². The number of fused-ring (bicyclic) bond motifs is 3. The van der Waals surface area contributed by atoms with E-state index in [-0.39, 0.29) is 0 Å². The van der Waals surface area contributed by atoms with Gasteiger partial charge in [-0.3, -0.25) is 4.79 Å². The van der Waals surface area contributed by atoms with Crippen molar-refractivity contribution >= 4 is 28.6 Å². The third-order valence-corrected chi connectivity index (χ3v) is 5.34. The van der Waals surface area contributed by atoms with Crippen LogP contribution in [-0.4, -0.2) is 27.5 Å². The number of carbonyl (C=O) groups is 1. The van der Waals surface area contributed by atoms with Crippen LogP contribution in [0.5, 0.6) is 0 Å². The van der Waals surface area contributed by atoms with Crippen molar-refractivity contribution in [1.82, 2.24) is 9.88 Å². The number of hydrogen-bond acceptors (Lipinski definition) is 2. The fraction of sp³-hybridized carbons (Fsp3) is 0.435. The van der Waals surface area contributed by atoms with Gasteiger partial charge in [-0.05, 0) is 25.0 Å². The molecule has 0 unspecified atom stereocenters. The summed E-state index contributed by atoms with van der Waals surface area (Å²) in [5.41, 5.74) is 4.61. The van der Waals surface area contributed by atoms with Crippen molar-refractivity contribution < 1.29 is 9.90 Å². The third-order valence-electron chi connectivity index (χ3n) is 5.34. The molecule has 2 aromatic rings. The summed E-state index contributed by atoms with van der Waals surface area (Å²) in [6.45, 7) is 5.31. The molecule has 2 N–H and O–H groups in total. The van der Waals surface area contributed by atoms with Crippen molar-refractivity contribution in [2.75, 3.05) is 6.54 Å². The van der Waals surface area contributed by atoms with Gasteiger partial charge < -0.3 is 15.0 Å². The molecule has 0 aliphatic carbocycles. The number of rotatable bonds is 11. The lowest BCUT2D eigenvalue weighted by Crippen LogP contribution is -2.19. The molecule has 0 amide bonds. The number of benzene rings is 1. The first-order chi connectivity index (χ1) is 13.2. The van der Waals surface area contributed by atoms with Gasteiger partial charge in [-0.1, -0.05) is 63.3 Å². The quantitative estimate of drug-likeness (QED) is 0.478. The maximum atomic E-state index is 10.5. The lowest BCUT2D eigenvalue weighted by atomic mass is 10.0. The summed E-state index contributed by atoms with van der Waals surface area (Å²) < 4.78 is 0. The van der Waals surface area contributed by atoms with E-state index >= 15 is 0 Å². The van der Waals surface area contributed by atoms with Crippen molar-refractivity contribution in [2.24, 2.45) is 0 Å². The van der Waals surface area contributed by atoms with Gasteiger partial charge >= 0.3 is 5.97 Å². The molecule has 3 rings (SSSR count). The standard InChI is InChI=1S/C23H30N2O2/c1-18-23-20(19-12-9-10-13-21(19)24-23)15-17-25(18)16-11-7-5-3-2-4-6-8-14-22(26)27/h9-10,12-13,15,17,24H,1-8,11,14,16H2,(H,26,27). The molecule has 0 bridgehead atoms. The second-order valence-corrected chi connectivity index (χ2v) is 7.39. The Labute approximate surface area is 161 Å². The molecule has 1 aliphatic rings. The minimum Gasteiger partial charge on any atom is -0.481 e. The smallest absolute Gasteiger partial charge is 0.303 e. The summed E-state index contributed by atoms with van der Waals surface area (Å²) in [7, 11) is 0. The number of nitrogens with one attached hydrogen (secondary N) is 1. The van der Waals surface area contributed by atoms with E-state index in [1.807, 2.05) is 0 Å². The van der Waals surface area contributed by atoms with Gasteiger partial charge in [0.1, 0.15) is 0 Å². The lowest BCUT2D eigenvalue weighted by molar-refractivity contribution is -0.137. The van der Waals surface area contributed by atoms with E-state index in [9.17, 15) is 4.79 Å². The Morgan fingerprint density at radius 2 is 1.67 bits per heavy atom. The summed E-state index contributed by atoms with van der Waals surface area (Å²) >= 11 is 0. The number of unbranched alkanes of at least 4 members (excludes halogenated alkanes) is 7. The van der Waals surface area contributed by atoms with E-state index in [0.717, 1.165) is 43.6 Å². The number of carboxylic acids is 1. The highest BCUT2D eigenvalue weighted by Gasteiger charge is 2.19. The summed E-state index contributed by atoms with van der Waals surface area (Å²) in [5.74, 6) is -0.678. The summed E-state index contributed by atoms with van der Waals surface area (Å²) in [6, 6.07) is 8.40. The van der Waals surface area contributed by atoms with E-state index < -0.39 is 5.97 Å². The predicted octanol–water partition coefficient (Wildman–Crippen LogP) is 6.02. The van der Waals surface area contributed by atoms with Crippen LogP contribution in [-0.2, 0) is 4.79 Å². The second kappa shape index (κ2) is 9.45. The molecule has 0 fully saturated rings. The van der Waals surface area contributed by atoms with Crippen LogP contribution in [0.3, 0.4) is 0 Å². The Kier molecular flexibility index (Phi) is 6.74. The molecule has 0 spiro atoms. The summed E-state index contributed by atoms with van der Waals surface area (Å²) in [4.78, 5) is 16.2. The molecule has 2 heterocycles. The highest BCUT2D eigenvalue weighted by molar-refractivity contribution is 5.95. The molecule has 1 aliphatic heterocycles. The van der Waals surface area contributed by atoms with Gasteiger partial charge in [0.05, 0.1) is 11.4 Å². The number of aromatic amines is 1. The van der Waals surface area contributed by atoms with Crippen LogP contribution in [0.15, 0.2) is 37.0 Å². The highest BCUT2D eigenvalue weighted by Crippen LogP contribution is 2.33. The molecule has 1 aromatic carbocycles. The molecule has 27 heavy (non-hydrogen) atoms. The van der Waals surface area contributed by atoms with Gasteiger partial charge in [-0.25, -0.2) is 0 Å². The monoisotopic (exact) mass is 366 g/mol. The number of nitrogens with zero attached hydrogens (tertiary/aromatic N) is 1. The molecular formula is C23H30N2O2. The molecule has 4 nitrogen and oxygen atoms in total. The molecule has 0 atom stereocenters. The van der Waals surface area contributed by atoms with Crippen LogP contribution in [0.2, 0.25) is 0 Å². The third kappa shape index (κ3) is 5.03. The zero-order valence-electron chi connectivity index (χ0n) is 16.0. The van der Waals surface area contributed by atoms with Gasteiger partial charge in [-0.2, -0.15) is 0 Å². The topological polar surface area (TPSA) is 56.3 Å². The van der Waals surface area contributed by atoms with Crippen LogP contribution in [0.25, 0.3) is 22.7 Å². The van der Waals surface area contributed by atoms with Gasteiger partial charge in [0.2, 0.25) is 0 Å². The summed E-state index contributed by atoms with van der Waals surface area (Å²) in [5, 5.41) is 9.87. The van der Waals surface area contributed by atoms with Crippen LogP contribution in [0.1, 0.15) is 69.0 Å². The first-order valence-corrected chi connectivity index (χ1v) is 10.1. The van der Waals surface area contributed by atoms with E-state index in [4.69, 9.17) is 5.11 Å². The Hall–Kier alpha value is -2.49. The minimum absolute atomic E-state index is 0.311. The molecule has 1 aromatic heterocycles. The number of aliphatic carboxylic acids is 1. The minimum atomic E-state index is -0.678. The lowest BCUT2D eigenvalue weighted by Gasteiger charge is -2.26. The van der Waals surface area contributed by atoms with E-state index in [2.05, 4.69) is 53.0 Å². The number of aromatic nitrogens is 1. The van der Waals surface area contributed by atoms with Gasteiger partial charge in [-0.15, -0.1) is 0 Å². The number of carboxylic acid groups (broad SMARTS) is 1. The number of hydrogen-bond donors (Lipinski definition) is 2. The molecule has 0 saturated carbocycles. The zero-order valence-corrected chi connectivity index (χ0v) is 16.0. The zero-order chi connectivity index (χ0) is 19.1. The fourth-order valence-electron chi connectivity index (χ4n) is 3.79. The van der Waals surface area contributed by atoms with Crippen LogP contribution in [0.4, 0.5) is 0 Å². The average Bonchev–Trinajstić information content (AvgIpc) is 3.04. The second-order valence-electron chi connectivity index (χ2n) is 7.39. The van der Waals surface area contributed by atoms with E-state index in [1.54, 1.807) is 0 Å². The highest BCUT2D eigenvalue weighted by atomic mass is 16.4. The van der Waals surface area contributed by atoms with E-state index in [0.29, 0.717) is 6.42 Å². The van der Waals surface area contributed by atoms with Crippen molar-refractivity contribution in [3.8, 4) is 0 Å². The largest absolute Gasteiger partial charge is 0.481 e. The fourth-order valence-corrected chi connectivity index (χ4v) is 3.79. The Bertz CT molecular complexity index is 819. The molecule has 4 heteroatoms. The molecule has 0 saturated heterocycles. The molecule has 144 valence electrons. The Morgan fingerprint density at radius 1 is 1.00 bits per heavy atom. The first kappa shape index (κ1) is 19.3. The van der Waals surface area contributed by atoms with Crippen LogP contribution < -0.4 is 0 Å². The normalized spacial score (nSPS) is 13.3. The molecular weight excluding hydrogens is 336 g/mol. The summed E-state index contributed by atoms with van der Waals surface area (Å²) in [6.07, 6.45) is 13.8. The predicted molar refractivity (Wildman–Crippen MR) is 112 cm³/mol. The number of para-hydroxylation sites is 1. The van der Waals surface area contributed by atoms with Crippen molar-refractivity contribution in [1.29, 1.82) is 0 Å².